The number of anilines is 1. The van der Waals surface area contributed by atoms with Crippen LogP contribution in [0, 0.1) is 5.92 Å². The van der Waals surface area contributed by atoms with E-state index in [0.29, 0.717) is 5.82 Å². The molecule has 0 radical (unpaired) electrons. The van der Waals surface area contributed by atoms with E-state index in [9.17, 15) is 4.79 Å². The van der Waals surface area contributed by atoms with Gasteiger partial charge in [-0.05, 0) is 12.3 Å². The third-order valence-corrected chi connectivity index (χ3v) is 3.39. The van der Waals surface area contributed by atoms with Crippen LogP contribution in [0.2, 0.25) is 0 Å². The van der Waals surface area contributed by atoms with E-state index >= 15 is 0 Å². The molecule has 94 valence electrons. The number of hydrogen-bond acceptors (Lipinski definition) is 3. The third-order valence-electron chi connectivity index (χ3n) is 3.39. The maximum absolute atomic E-state index is 11.4. The fourth-order valence-electron chi connectivity index (χ4n) is 2.03. The van der Waals surface area contributed by atoms with Gasteiger partial charge < -0.3 is 10.3 Å². The summed E-state index contributed by atoms with van der Waals surface area (Å²) in [5.41, 5.74) is -0.0742. The van der Waals surface area contributed by atoms with E-state index < -0.39 is 0 Å². The first-order chi connectivity index (χ1) is 8.15. The van der Waals surface area contributed by atoms with Crippen molar-refractivity contribution in [1.29, 1.82) is 0 Å². The topological polar surface area (TPSA) is 57.8 Å². The molecule has 1 aliphatic rings. The molecule has 0 aliphatic heterocycles. The van der Waals surface area contributed by atoms with Gasteiger partial charge in [0, 0.05) is 18.5 Å². The molecule has 0 amide bonds. The maximum Gasteiger partial charge on any atom is 0.252 e. The molecule has 17 heavy (non-hydrogen) atoms. The molecule has 1 aliphatic carbocycles. The Hall–Kier alpha value is -1.32. The summed E-state index contributed by atoms with van der Waals surface area (Å²) in [4.78, 5) is 18.6. The number of nitrogens with zero attached hydrogens (tertiary/aromatic N) is 1. The highest BCUT2D eigenvalue weighted by molar-refractivity contribution is 5.33. The van der Waals surface area contributed by atoms with Crippen LogP contribution in [-0.2, 0) is 0 Å². The van der Waals surface area contributed by atoms with E-state index in [-0.39, 0.29) is 11.5 Å². The molecule has 1 saturated carbocycles. The molecule has 4 nitrogen and oxygen atoms in total. The lowest BCUT2D eigenvalue weighted by atomic mass is 9.83. The zero-order chi connectivity index (χ0) is 12.3. The standard InChI is InChI=1S/C13H21N3O/c1-9(2)13-15-11(8-12(17)16-13)14-7-6-10-4-3-5-10/h8-10H,3-7H2,1-2H3,(H2,14,15,16,17). The molecular formula is C13H21N3O. The summed E-state index contributed by atoms with van der Waals surface area (Å²) in [7, 11) is 0. The Morgan fingerprint density at radius 1 is 1.53 bits per heavy atom. The molecule has 2 rings (SSSR count). The second kappa shape index (κ2) is 5.34. The van der Waals surface area contributed by atoms with Crippen LogP contribution < -0.4 is 10.9 Å². The molecular weight excluding hydrogens is 214 g/mol. The van der Waals surface area contributed by atoms with Crippen LogP contribution in [0.5, 0.6) is 0 Å². The largest absolute Gasteiger partial charge is 0.370 e. The zero-order valence-electron chi connectivity index (χ0n) is 10.6. The van der Waals surface area contributed by atoms with Crippen molar-refractivity contribution in [1.82, 2.24) is 9.97 Å². The van der Waals surface area contributed by atoms with Gasteiger partial charge >= 0.3 is 0 Å². The summed E-state index contributed by atoms with van der Waals surface area (Å²) in [6.45, 7) is 4.96. The summed E-state index contributed by atoms with van der Waals surface area (Å²) in [6.07, 6.45) is 5.29. The Kier molecular flexibility index (Phi) is 3.82. The predicted molar refractivity (Wildman–Crippen MR) is 69.4 cm³/mol. The number of nitrogens with one attached hydrogen (secondary N) is 2. The quantitative estimate of drug-likeness (QED) is 0.824. The van der Waals surface area contributed by atoms with Gasteiger partial charge in [0.1, 0.15) is 11.6 Å². The van der Waals surface area contributed by atoms with Gasteiger partial charge in [0.25, 0.3) is 5.56 Å². The maximum atomic E-state index is 11.4. The molecule has 0 spiro atoms. The molecule has 1 aromatic heterocycles. The van der Waals surface area contributed by atoms with Gasteiger partial charge in [-0.15, -0.1) is 0 Å². The van der Waals surface area contributed by atoms with E-state index in [2.05, 4.69) is 15.3 Å². The minimum atomic E-state index is -0.0742. The van der Waals surface area contributed by atoms with Gasteiger partial charge in [-0.3, -0.25) is 4.79 Å². The molecule has 1 fully saturated rings. The van der Waals surface area contributed by atoms with Gasteiger partial charge in [-0.1, -0.05) is 33.1 Å². The molecule has 0 aromatic carbocycles. The first-order valence-electron chi connectivity index (χ1n) is 6.50. The monoisotopic (exact) mass is 235 g/mol. The van der Waals surface area contributed by atoms with Crippen LogP contribution in [0.25, 0.3) is 0 Å². The van der Waals surface area contributed by atoms with E-state index in [1.54, 1.807) is 0 Å². The van der Waals surface area contributed by atoms with Crippen molar-refractivity contribution in [3.63, 3.8) is 0 Å². The lowest BCUT2D eigenvalue weighted by molar-refractivity contribution is 0.303. The summed E-state index contributed by atoms with van der Waals surface area (Å²) in [6, 6.07) is 1.53. The molecule has 1 aromatic rings. The number of aromatic nitrogens is 2. The van der Waals surface area contributed by atoms with Crippen molar-refractivity contribution in [3.05, 3.63) is 22.2 Å². The lowest BCUT2D eigenvalue weighted by Crippen LogP contribution is -2.18. The molecule has 4 heteroatoms. The summed E-state index contributed by atoms with van der Waals surface area (Å²) in [5.74, 6) is 2.59. The van der Waals surface area contributed by atoms with Crippen LogP contribution in [0.3, 0.4) is 0 Å². The highest BCUT2D eigenvalue weighted by Crippen LogP contribution is 2.29. The van der Waals surface area contributed by atoms with E-state index in [1.165, 1.54) is 31.7 Å². The Balaban J connectivity index is 1.92. The minimum Gasteiger partial charge on any atom is -0.370 e. The number of rotatable bonds is 5. The van der Waals surface area contributed by atoms with Crippen molar-refractivity contribution in [3.8, 4) is 0 Å². The molecule has 2 N–H and O–H groups in total. The van der Waals surface area contributed by atoms with Crippen molar-refractivity contribution in [2.75, 3.05) is 11.9 Å². The Bertz CT molecular complexity index is 421. The number of aromatic amines is 1. The van der Waals surface area contributed by atoms with Crippen LogP contribution in [0.1, 0.15) is 51.3 Å². The van der Waals surface area contributed by atoms with Gasteiger partial charge in [0.05, 0.1) is 0 Å². The number of hydrogen-bond donors (Lipinski definition) is 2. The lowest BCUT2D eigenvalue weighted by Gasteiger charge is -2.25. The fraction of sp³-hybridized carbons (Fsp3) is 0.692. The second-order valence-electron chi connectivity index (χ2n) is 5.18. The van der Waals surface area contributed by atoms with Crippen molar-refractivity contribution in [2.45, 2.75) is 45.4 Å². The van der Waals surface area contributed by atoms with Gasteiger partial charge in [-0.25, -0.2) is 4.98 Å². The SMILES string of the molecule is CC(C)c1nc(NCCC2CCC2)cc(=O)[nH]1. The minimum absolute atomic E-state index is 0.0742. The Morgan fingerprint density at radius 3 is 2.88 bits per heavy atom. The van der Waals surface area contributed by atoms with E-state index in [4.69, 9.17) is 0 Å². The number of H-pyrrole nitrogens is 1. The van der Waals surface area contributed by atoms with Crippen molar-refractivity contribution < 1.29 is 0 Å². The second-order valence-corrected chi connectivity index (χ2v) is 5.18. The third kappa shape index (κ3) is 3.32. The average molecular weight is 235 g/mol. The molecule has 0 unspecified atom stereocenters. The van der Waals surface area contributed by atoms with E-state index in [1.807, 2.05) is 13.8 Å². The van der Waals surface area contributed by atoms with Gasteiger partial charge in [0.15, 0.2) is 0 Å². The summed E-state index contributed by atoms with van der Waals surface area (Å²) >= 11 is 0. The van der Waals surface area contributed by atoms with Crippen LogP contribution >= 0.6 is 0 Å². The van der Waals surface area contributed by atoms with Crippen LogP contribution in [0.4, 0.5) is 5.82 Å². The molecule has 0 atom stereocenters. The highest BCUT2D eigenvalue weighted by Gasteiger charge is 2.16. The molecule has 0 saturated heterocycles. The van der Waals surface area contributed by atoms with E-state index in [0.717, 1.165) is 18.3 Å². The van der Waals surface area contributed by atoms with Crippen molar-refractivity contribution in [2.24, 2.45) is 5.92 Å². The molecule has 0 bridgehead atoms. The van der Waals surface area contributed by atoms with Gasteiger partial charge in [0.2, 0.25) is 0 Å². The van der Waals surface area contributed by atoms with Gasteiger partial charge in [-0.2, -0.15) is 0 Å². The first-order valence-corrected chi connectivity index (χ1v) is 6.50. The average Bonchev–Trinajstić information content (AvgIpc) is 2.21. The molecule has 1 heterocycles. The first kappa shape index (κ1) is 12.1. The normalized spacial score (nSPS) is 15.9. The fourth-order valence-corrected chi connectivity index (χ4v) is 2.03. The van der Waals surface area contributed by atoms with Crippen molar-refractivity contribution >= 4 is 5.82 Å². The Labute approximate surface area is 102 Å². The summed E-state index contributed by atoms with van der Waals surface area (Å²) in [5, 5.41) is 3.25. The smallest absolute Gasteiger partial charge is 0.252 e. The zero-order valence-corrected chi connectivity index (χ0v) is 10.6. The van der Waals surface area contributed by atoms with Crippen LogP contribution in [0.15, 0.2) is 10.9 Å². The Morgan fingerprint density at radius 2 is 2.29 bits per heavy atom. The highest BCUT2D eigenvalue weighted by atomic mass is 16.1. The van der Waals surface area contributed by atoms with Crippen LogP contribution in [-0.4, -0.2) is 16.5 Å². The summed E-state index contributed by atoms with van der Waals surface area (Å²) < 4.78 is 0. The predicted octanol–water partition coefficient (Wildman–Crippen LogP) is 2.50.